The highest BCUT2D eigenvalue weighted by Gasteiger charge is 2.36. The number of rotatable bonds is 6. The Labute approximate surface area is 198 Å². The van der Waals surface area contributed by atoms with Crippen molar-refractivity contribution in [3.63, 3.8) is 0 Å². The van der Waals surface area contributed by atoms with Crippen LogP contribution in [0.3, 0.4) is 0 Å². The van der Waals surface area contributed by atoms with E-state index in [1.807, 2.05) is 30.6 Å². The van der Waals surface area contributed by atoms with Gasteiger partial charge in [0.1, 0.15) is 12.0 Å². The van der Waals surface area contributed by atoms with E-state index >= 15 is 0 Å². The number of hydrogen-bond acceptors (Lipinski definition) is 7. The molecule has 1 saturated heterocycles. The van der Waals surface area contributed by atoms with E-state index in [1.54, 1.807) is 6.20 Å². The van der Waals surface area contributed by atoms with Crippen molar-refractivity contribution in [2.45, 2.75) is 31.8 Å². The van der Waals surface area contributed by atoms with Crippen LogP contribution in [0.4, 0.5) is 11.5 Å². The Morgan fingerprint density at radius 2 is 1.85 bits per heavy atom. The number of nitrogens with one attached hydrogen (secondary N) is 2. The fourth-order valence-electron chi connectivity index (χ4n) is 4.77. The van der Waals surface area contributed by atoms with Gasteiger partial charge in [0.25, 0.3) is 0 Å². The number of hydrogen-bond donors (Lipinski definition) is 3. The summed E-state index contributed by atoms with van der Waals surface area (Å²) in [6, 6.07) is 16.6. The summed E-state index contributed by atoms with van der Waals surface area (Å²) < 4.78 is 0. The average Bonchev–Trinajstić information content (AvgIpc) is 3.53. The van der Waals surface area contributed by atoms with Gasteiger partial charge in [-0.15, -0.1) is 0 Å². The predicted octanol–water partition coefficient (Wildman–Crippen LogP) is 3.62. The smallest absolute Gasteiger partial charge is 0.161 e. The van der Waals surface area contributed by atoms with Crippen LogP contribution >= 0.6 is 0 Å². The van der Waals surface area contributed by atoms with E-state index in [0.29, 0.717) is 5.82 Å². The van der Waals surface area contributed by atoms with Crippen molar-refractivity contribution in [2.24, 2.45) is 0 Å². The van der Waals surface area contributed by atoms with Crippen LogP contribution in [0.25, 0.3) is 22.5 Å². The van der Waals surface area contributed by atoms with Crippen molar-refractivity contribution < 1.29 is 5.11 Å². The lowest BCUT2D eigenvalue weighted by Gasteiger charge is -2.43. The van der Waals surface area contributed by atoms with E-state index in [0.717, 1.165) is 54.3 Å². The van der Waals surface area contributed by atoms with Crippen molar-refractivity contribution in [3.05, 3.63) is 78.2 Å². The van der Waals surface area contributed by atoms with E-state index in [4.69, 9.17) is 4.98 Å². The van der Waals surface area contributed by atoms with Crippen LogP contribution in [-0.4, -0.2) is 60.9 Å². The lowest BCUT2D eigenvalue weighted by Crippen LogP contribution is -2.56. The van der Waals surface area contributed by atoms with Gasteiger partial charge in [-0.1, -0.05) is 24.3 Å². The zero-order valence-corrected chi connectivity index (χ0v) is 19.0. The lowest BCUT2D eigenvalue weighted by molar-refractivity contribution is -0.0919. The van der Waals surface area contributed by atoms with Gasteiger partial charge >= 0.3 is 0 Å². The van der Waals surface area contributed by atoms with Gasteiger partial charge in [-0.3, -0.25) is 14.9 Å². The van der Waals surface area contributed by atoms with Gasteiger partial charge in [-0.05, 0) is 61.0 Å². The van der Waals surface area contributed by atoms with Gasteiger partial charge in [0, 0.05) is 42.3 Å². The number of aliphatic hydroxyl groups excluding tert-OH is 1. The molecule has 0 aliphatic carbocycles. The van der Waals surface area contributed by atoms with E-state index < -0.39 is 6.23 Å². The average molecular weight is 454 g/mol. The van der Waals surface area contributed by atoms with Crippen LogP contribution in [0.2, 0.25) is 0 Å². The Balaban J connectivity index is 1.17. The second-order valence-corrected chi connectivity index (χ2v) is 9.09. The number of aliphatic hydroxyl groups is 1. The number of H-pyrrole nitrogens is 1. The van der Waals surface area contributed by atoms with Gasteiger partial charge in [0.2, 0.25) is 0 Å². The Bertz CT molecular complexity index is 1290. The molecule has 6 rings (SSSR count). The molecule has 2 aliphatic rings. The maximum absolute atomic E-state index is 10.8. The first-order valence-corrected chi connectivity index (χ1v) is 11.6. The summed E-state index contributed by atoms with van der Waals surface area (Å²) in [6.07, 6.45) is 6.08. The Kier molecular flexibility index (Phi) is 5.33. The normalized spacial score (nSPS) is 18.9. The van der Waals surface area contributed by atoms with Gasteiger partial charge < -0.3 is 10.4 Å². The maximum atomic E-state index is 10.8. The SMILES string of the molecule is CN1CCC1[C@H](O)N1Cc2ccc(-c3nccc(Nc4ccc(-c5cn[nH]c5)cc4)n3)cc2C1. The van der Waals surface area contributed by atoms with Crippen LogP contribution in [0.5, 0.6) is 0 Å². The molecule has 8 heteroatoms. The zero-order valence-electron chi connectivity index (χ0n) is 19.0. The monoisotopic (exact) mass is 453 g/mol. The molecule has 0 spiro atoms. The molecule has 2 atom stereocenters. The molecule has 2 aromatic carbocycles. The number of likely N-dealkylation sites (tertiary alicyclic amines) is 1. The molecule has 0 saturated carbocycles. The Hall–Kier alpha value is -3.59. The fraction of sp³-hybridized carbons (Fsp3) is 0.269. The third-order valence-corrected chi connectivity index (χ3v) is 6.92. The summed E-state index contributed by atoms with van der Waals surface area (Å²) in [5, 5.41) is 21.0. The van der Waals surface area contributed by atoms with Gasteiger partial charge in [0.15, 0.2) is 5.82 Å². The summed E-state index contributed by atoms with van der Waals surface area (Å²) in [5.74, 6) is 1.42. The quantitative estimate of drug-likeness (QED) is 0.411. The number of fused-ring (bicyclic) bond motifs is 1. The highest BCUT2D eigenvalue weighted by molar-refractivity contribution is 5.67. The van der Waals surface area contributed by atoms with Gasteiger partial charge in [-0.2, -0.15) is 5.10 Å². The number of likely N-dealkylation sites (N-methyl/N-ethyl adjacent to an activating group) is 1. The highest BCUT2D eigenvalue weighted by atomic mass is 16.3. The number of aromatic nitrogens is 4. The first kappa shape index (κ1) is 21.0. The van der Waals surface area contributed by atoms with E-state index in [9.17, 15) is 5.11 Å². The van der Waals surface area contributed by atoms with Gasteiger partial charge in [0.05, 0.1) is 12.2 Å². The zero-order chi connectivity index (χ0) is 23.1. The number of anilines is 2. The van der Waals surface area contributed by atoms with Crippen LogP contribution < -0.4 is 5.32 Å². The molecule has 2 aromatic heterocycles. The molecule has 8 nitrogen and oxygen atoms in total. The largest absolute Gasteiger partial charge is 0.377 e. The first-order valence-electron chi connectivity index (χ1n) is 11.6. The second kappa shape index (κ2) is 8.64. The highest BCUT2D eigenvalue weighted by Crippen LogP contribution is 2.31. The van der Waals surface area contributed by atoms with Crippen LogP contribution in [0, 0.1) is 0 Å². The van der Waals surface area contributed by atoms with E-state index in [-0.39, 0.29) is 6.04 Å². The van der Waals surface area contributed by atoms with E-state index in [2.05, 4.69) is 67.7 Å². The van der Waals surface area contributed by atoms with Crippen LogP contribution in [-0.2, 0) is 13.1 Å². The van der Waals surface area contributed by atoms with E-state index in [1.165, 1.54) is 11.1 Å². The summed E-state index contributed by atoms with van der Waals surface area (Å²) >= 11 is 0. The van der Waals surface area contributed by atoms with Crippen LogP contribution in [0.15, 0.2) is 67.1 Å². The number of nitrogens with zero attached hydrogens (tertiary/aromatic N) is 5. The maximum Gasteiger partial charge on any atom is 0.161 e. The third-order valence-electron chi connectivity index (χ3n) is 6.92. The molecular weight excluding hydrogens is 426 g/mol. The summed E-state index contributed by atoms with van der Waals surface area (Å²) in [4.78, 5) is 13.6. The molecule has 2 aliphatic heterocycles. The first-order chi connectivity index (χ1) is 16.6. The Morgan fingerprint density at radius 1 is 1.03 bits per heavy atom. The fourth-order valence-corrected chi connectivity index (χ4v) is 4.77. The van der Waals surface area contributed by atoms with Crippen molar-refractivity contribution in [3.8, 4) is 22.5 Å². The topological polar surface area (TPSA) is 93.2 Å². The second-order valence-electron chi connectivity index (χ2n) is 9.09. The summed E-state index contributed by atoms with van der Waals surface area (Å²) in [6.45, 7) is 2.58. The minimum absolute atomic E-state index is 0.230. The molecule has 4 heterocycles. The molecule has 4 aromatic rings. The van der Waals surface area contributed by atoms with Crippen molar-refractivity contribution in [1.29, 1.82) is 0 Å². The molecule has 0 bridgehead atoms. The minimum Gasteiger partial charge on any atom is -0.377 e. The molecule has 0 amide bonds. The standard InChI is InChI=1S/C26H27N7O/c1-32-11-9-23(32)26(34)33-15-19-3-2-18(12-20(19)16-33)25-27-10-8-24(31-25)30-22-6-4-17(5-7-22)21-13-28-29-14-21/h2-8,10,12-14,23,26,34H,9,11,15-16H2,1H3,(H,28,29)(H,27,30,31)/t23?,26-/m0/s1. The van der Waals surface area contributed by atoms with Crippen molar-refractivity contribution in [2.75, 3.05) is 18.9 Å². The summed E-state index contributed by atoms with van der Waals surface area (Å²) in [5.41, 5.74) is 6.58. The molecule has 1 unspecified atom stereocenters. The van der Waals surface area contributed by atoms with Crippen LogP contribution in [0.1, 0.15) is 17.5 Å². The molecule has 1 fully saturated rings. The lowest BCUT2D eigenvalue weighted by atomic mass is 10.0. The molecule has 34 heavy (non-hydrogen) atoms. The summed E-state index contributed by atoms with van der Waals surface area (Å²) in [7, 11) is 2.07. The Morgan fingerprint density at radius 3 is 2.59 bits per heavy atom. The van der Waals surface area contributed by atoms with Crippen molar-refractivity contribution >= 4 is 11.5 Å². The molecule has 172 valence electrons. The minimum atomic E-state index is -0.432. The predicted molar refractivity (Wildman–Crippen MR) is 131 cm³/mol. The van der Waals surface area contributed by atoms with Gasteiger partial charge in [-0.25, -0.2) is 9.97 Å². The molecular formula is C26H27N7O. The molecule has 3 N–H and O–H groups in total. The third kappa shape index (κ3) is 3.96. The number of benzene rings is 2. The number of aromatic amines is 1. The van der Waals surface area contributed by atoms with Crippen molar-refractivity contribution in [1.82, 2.24) is 30.0 Å². The molecule has 0 radical (unpaired) electrons.